The number of hydrogen-bond acceptors (Lipinski definition) is 3. The maximum atomic E-state index is 12.0. The molecule has 21 heavy (non-hydrogen) atoms. The summed E-state index contributed by atoms with van der Waals surface area (Å²) in [5, 5.41) is 11.5. The molecule has 0 bridgehead atoms. The summed E-state index contributed by atoms with van der Waals surface area (Å²) in [4.78, 5) is 39.3. The van der Waals surface area contributed by atoms with Gasteiger partial charge in [0.15, 0.2) is 0 Å². The van der Waals surface area contributed by atoms with Crippen molar-refractivity contribution in [3.8, 4) is 0 Å². The minimum Gasteiger partial charge on any atom is -0.465 e. The Morgan fingerprint density at radius 1 is 0.810 bits per heavy atom. The van der Waals surface area contributed by atoms with Crippen LogP contribution in [-0.2, 0) is 4.79 Å². The second-order valence-electron chi connectivity index (χ2n) is 5.36. The van der Waals surface area contributed by atoms with Crippen LogP contribution in [-0.4, -0.2) is 83.7 Å². The summed E-state index contributed by atoms with van der Waals surface area (Å²) in [6.45, 7) is 2.87. The summed E-state index contributed by atoms with van der Waals surface area (Å²) in [7, 11) is 0. The molecule has 2 saturated heterocycles. The van der Waals surface area contributed by atoms with Crippen molar-refractivity contribution in [1.29, 1.82) is 0 Å². The van der Waals surface area contributed by atoms with Crippen molar-refractivity contribution >= 4 is 18.0 Å². The first-order valence-corrected chi connectivity index (χ1v) is 7.36. The number of piperidine rings is 1. The summed E-state index contributed by atoms with van der Waals surface area (Å²) >= 11 is 0. The molecule has 118 valence electrons. The minimum absolute atomic E-state index is 0.0254. The van der Waals surface area contributed by atoms with Crippen LogP contribution in [0.1, 0.15) is 19.3 Å². The number of carbonyl (C=O) groups is 3. The van der Waals surface area contributed by atoms with E-state index in [9.17, 15) is 14.4 Å². The SMILES string of the molecule is O=C(O)N1CCN(C(=O)CNC(=O)N2CCCCC2)CC1. The highest BCUT2D eigenvalue weighted by Gasteiger charge is 2.24. The predicted molar refractivity (Wildman–Crippen MR) is 75.0 cm³/mol. The molecule has 4 amide bonds. The average Bonchev–Trinajstić information content (AvgIpc) is 2.53. The lowest BCUT2D eigenvalue weighted by Crippen LogP contribution is -2.53. The van der Waals surface area contributed by atoms with Gasteiger partial charge in [0.2, 0.25) is 5.91 Å². The lowest BCUT2D eigenvalue weighted by Gasteiger charge is -2.33. The predicted octanol–water partition coefficient (Wildman–Crippen LogP) is 0.00410. The lowest BCUT2D eigenvalue weighted by molar-refractivity contribution is -0.131. The molecule has 0 aromatic heterocycles. The summed E-state index contributed by atoms with van der Waals surface area (Å²) in [5.74, 6) is -0.162. The van der Waals surface area contributed by atoms with Crippen LogP contribution in [0.2, 0.25) is 0 Å². The third-order valence-electron chi connectivity index (χ3n) is 3.94. The van der Waals surface area contributed by atoms with Gasteiger partial charge in [0.05, 0.1) is 6.54 Å². The standard InChI is InChI=1S/C13H22N4O4/c18-11(15-6-8-17(9-7-15)13(20)21)10-14-12(19)16-4-2-1-3-5-16/h1-10H2,(H,14,19)(H,20,21). The Bertz CT molecular complexity index is 401. The van der Waals surface area contributed by atoms with Gasteiger partial charge in [-0.1, -0.05) is 0 Å². The zero-order chi connectivity index (χ0) is 15.2. The van der Waals surface area contributed by atoms with Gasteiger partial charge in [-0.25, -0.2) is 9.59 Å². The van der Waals surface area contributed by atoms with Crippen LogP contribution in [0.15, 0.2) is 0 Å². The van der Waals surface area contributed by atoms with Crippen LogP contribution in [0.4, 0.5) is 9.59 Å². The number of piperazine rings is 1. The molecule has 0 aromatic carbocycles. The Morgan fingerprint density at radius 3 is 1.95 bits per heavy atom. The van der Waals surface area contributed by atoms with Crippen LogP contribution >= 0.6 is 0 Å². The molecule has 0 atom stereocenters. The smallest absolute Gasteiger partial charge is 0.407 e. The third kappa shape index (κ3) is 4.24. The van der Waals surface area contributed by atoms with E-state index in [0.29, 0.717) is 26.2 Å². The Balaban J connectivity index is 1.70. The molecule has 0 saturated carbocycles. The zero-order valence-corrected chi connectivity index (χ0v) is 12.1. The molecular formula is C13H22N4O4. The zero-order valence-electron chi connectivity index (χ0n) is 12.1. The highest BCUT2D eigenvalue weighted by Crippen LogP contribution is 2.08. The molecule has 2 aliphatic heterocycles. The van der Waals surface area contributed by atoms with Crippen LogP contribution < -0.4 is 5.32 Å². The number of carbonyl (C=O) groups excluding carboxylic acids is 2. The first-order valence-electron chi connectivity index (χ1n) is 7.36. The van der Waals surface area contributed by atoms with Gasteiger partial charge in [0.1, 0.15) is 0 Å². The Labute approximate surface area is 123 Å². The van der Waals surface area contributed by atoms with Crippen molar-refractivity contribution in [2.24, 2.45) is 0 Å². The quantitative estimate of drug-likeness (QED) is 0.750. The van der Waals surface area contributed by atoms with Crippen LogP contribution in [0.5, 0.6) is 0 Å². The number of amides is 4. The molecule has 2 N–H and O–H groups in total. The summed E-state index contributed by atoms with van der Waals surface area (Å²) in [6.07, 6.45) is 2.22. The normalized spacial score (nSPS) is 19.3. The maximum Gasteiger partial charge on any atom is 0.407 e. The summed E-state index contributed by atoms with van der Waals surface area (Å²) in [5.41, 5.74) is 0. The Kier molecular flexibility index (Phi) is 5.24. The minimum atomic E-state index is -0.958. The molecule has 8 heteroatoms. The van der Waals surface area contributed by atoms with Gasteiger partial charge in [0, 0.05) is 39.3 Å². The Morgan fingerprint density at radius 2 is 1.38 bits per heavy atom. The highest BCUT2D eigenvalue weighted by atomic mass is 16.4. The van der Waals surface area contributed by atoms with Gasteiger partial charge in [-0.3, -0.25) is 4.79 Å². The molecule has 2 rings (SSSR count). The Hall–Kier alpha value is -1.99. The molecular weight excluding hydrogens is 276 g/mol. The fraction of sp³-hybridized carbons (Fsp3) is 0.769. The van der Waals surface area contributed by atoms with Crippen LogP contribution in [0, 0.1) is 0 Å². The largest absolute Gasteiger partial charge is 0.465 e. The van der Waals surface area contributed by atoms with Crippen LogP contribution in [0.3, 0.4) is 0 Å². The van der Waals surface area contributed by atoms with E-state index < -0.39 is 6.09 Å². The molecule has 0 spiro atoms. The van der Waals surface area contributed by atoms with Gasteiger partial charge in [-0.05, 0) is 19.3 Å². The van der Waals surface area contributed by atoms with Gasteiger partial charge in [-0.2, -0.15) is 0 Å². The van der Waals surface area contributed by atoms with Crippen molar-refractivity contribution in [2.45, 2.75) is 19.3 Å². The van der Waals surface area contributed by atoms with E-state index in [0.717, 1.165) is 32.4 Å². The molecule has 8 nitrogen and oxygen atoms in total. The van der Waals surface area contributed by atoms with E-state index in [2.05, 4.69) is 5.32 Å². The summed E-state index contributed by atoms with van der Waals surface area (Å²) in [6, 6.07) is -0.188. The fourth-order valence-electron chi connectivity index (χ4n) is 2.62. The fourth-order valence-corrected chi connectivity index (χ4v) is 2.62. The van der Waals surface area contributed by atoms with Gasteiger partial charge in [0.25, 0.3) is 0 Å². The molecule has 2 fully saturated rings. The average molecular weight is 298 g/mol. The van der Waals surface area contributed by atoms with Crippen LogP contribution in [0.25, 0.3) is 0 Å². The van der Waals surface area contributed by atoms with Gasteiger partial charge < -0.3 is 25.1 Å². The number of likely N-dealkylation sites (tertiary alicyclic amines) is 1. The maximum absolute atomic E-state index is 12.0. The highest BCUT2D eigenvalue weighted by molar-refractivity contribution is 5.84. The number of nitrogens with one attached hydrogen (secondary N) is 1. The molecule has 2 heterocycles. The number of carboxylic acid groups (broad SMARTS) is 1. The van der Waals surface area contributed by atoms with Crippen molar-refractivity contribution in [3.63, 3.8) is 0 Å². The molecule has 0 aromatic rings. The molecule has 2 aliphatic rings. The molecule has 0 unspecified atom stereocenters. The van der Waals surface area contributed by atoms with E-state index in [4.69, 9.17) is 5.11 Å². The number of nitrogens with zero attached hydrogens (tertiary/aromatic N) is 3. The third-order valence-corrected chi connectivity index (χ3v) is 3.94. The lowest BCUT2D eigenvalue weighted by atomic mass is 10.1. The second-order valence-corrected chi connectivity index (χ2v) is 5.36. The number of hydrogen-bond donors (Lipinski definition) is 2. The monoisotopic (exact) mass is 298 g/mol. The van der Waals surface area contributed by atoms with Crippen molar-refractivity contribution in [3.05, 3.63) is 0 Å². The number of urea groups is 1. The van der Waals surface area contributed by atoms with E-state index in [1.54, 1.807) is 9.80 Å². The van der Waals surface area contributed by atoms with Crippen molar-refractivity contribution in [1.82, 2.24) is 20.0 Å². The first-order chi connectivity index (χ1) is 10.1. The molecule has 0 radical (unpaired) electrons. The topological polar surface area (TPSA) is 93.2 Å². The van der Waals surface area contributed by atoms with E-state index in [-0.39, 0.29) is 18.5 Å². The summed E-state index contributed by atoms with van der Waals surface area (Å²) < 4.78 is 0. The van der Waals surface area contributed by atoms with Gasteiger partial charge in [-0.15, -0.1) is 0 Å². The molecule has 0 aliphatic carbocycles. The van der Waals surface area contributed by atoms with E-state index in [1.807, 2.05) is 0 Å². The van der Waals surface area contributed by atoms with Crippen molar-refractivity contribution < 1.29 is 19.5 Å². The second kappa shape index (κ2) is 7.14. The first kappa shape index (κ1) is 15.4. The number of rotatable bonds is 2. The van der Waals surface area contributed by atoms with E-state index in [1.165, 1.54) is 4.90 Å². The van der Waals surface area contributed by atoms with Crippen molar-refractivity contribution in [2.75, 3.05) is 45.8 Å². The van der Waals surface area contributed by atoms with E-state index >= 15 is 0 Å². The van der Waals surface area contributed by atoms with Gasteiger partial charge >= 0.3 is 12.1 Å².